The molecule has 2 N–H and O–H groups in total. The van der Waals surface area contributed by atoms with Crippen LogP contribution in [0.4, 0.5) is 0 Å². The van der Waals surface area contributed by atoms with Crippen molar-refractivity contribution < 1.29 is 13.9 Å². The number of ether oxygens (including phenoxy) is 1. The van der Waals surface area contributed by atoms with Crippen molar-refractivity contribution in [1.29, 1.82) is 0 Å². The van der Waals surface area contributed by atoms with Crippen LogP contribution in [-0.2, 0) is 15.9 Å². The van der Waals surface area contributed by atoms with Crippen LogP contribution in [0.5, 0.6) is 0 Å². The molecule has 0 saturated carbocycles. The van der Waals surface area contributed by atoms with E-state index in [4.69, 9.17) is 10.3 Å². The van der Waals surface area contributed by atoms with E-state index in [2.05, 4.69) is 14.9 Å². The van der Waals surface area contributed by atoms with Gasteiger partial charge in [-0.25, -0.2) is 9.47 Å². The highest BCUT2D eigenvalue weighted by atomic mass is 32.2. The lowest BCUT2D eigenvalue weighted by Crippen LogP contribution is -2.24. The van der Waals surface area contributed by atoms with Crippen LogP contribution in [0.25, 0.3) is 0 Å². The van der Waals surface area contributed by atoms with Gasteiger partial charge in [0, 0.05) is 5.41 Å². The lowest BCUT2D eigenvalue weighted by molar-refractivity contribution is 0.0563. The van der Waals surface area contributed by atoms with Crippen molar-refractivity contribution in [2.24, 2.45) is 0 Å². The minimum atomic E-state index is -0.497. The Morgan fingerprint density at radius 1 is 1.43 bits per heavy atom. The molecule has 2 aromatic rings. The lowest BCUT2D eigenvalue weighted by atomic mass is 9.96. The van der Waals surface area contributed by atoms with E-state index >= 15 is 0 Å². The fourth-order valence-electron chi connectivity index (χ4n) is 1.69. The predicted molar refractivity (Wildman–Crippen MR) is 78.5 cm³/mol. The number of nitrogens with two attached hydrogens (primary N) is 1. The molecule has 21 heavy (non-hydrogen) atoms. The number of hydrogen-bond acceptors (Lipinski definition) is 7. The van der Waals surface area contributed by atoms with Crippen LogP contribution in [-0.4, -0.2) is 28.0 Å². The van der Waals surface area contributed by atoms with Crippen LogP contribution in [0, 0.1) is 0 Å². The van der Waals surface area contributed by atoms with E-state index in [0.717, 1.165) is 0 Å². The van der Waals surface area contributed by atoms with Gasteiger partial charge in [-0.1, -0.05) is 32.5 Å². The SMILES string of the molecule is COC(=O)c1ccc(CSc2nnc(C(C)(C)C)n2N)o1. The third-order valence-electron chi connectivity index (χ3n) is 2.73. The first kappa shape index (κ1) is 15.4. The van der Waals surface area contributed by atoms with Gasteiger partial charge in [-0.3, -0.25) is 0 Å². The van der Waals surface area contributed by atoms with Gasteiger partial charge in [0.25, 0.3) is 0 Å². The molecule has 0 aromatic carbocycles. The number of nitrogens with zero attached hydrogens (tertiary/aromatic N) is 3. The maximum absolute atomic E-state index is 11.3. The number of aromatic nitrogens is 3. The summed E-state index contributed by atoms with van der Waals surface area (Å²) >= 11 is 1.39. The molecule has 0 bridgehead atoms. The summed E-state index contributed by atoms with van der Waals surface area (Å²) in [5.74, 6) is 7.52. The largest absolute Gasteiger partial charge is 0.463 e. The fraction of sp³-hybridized carbons (Fsp3) is 0.462. The van der Waals surface area contributed by atoms with Crippen molar-refractivity contribution in [3.05, 3.63) is 29.5 Å². The van der Waals surface area contributed by atoms with Gasteiger partial charge < -0.3 is 15.0 Å². The molecule has 2 rings (SSSR count). The summed E-state index contributed by atoms with van der Waals surface area (Å²) in [6.07, 6.45) is 0. The van der Waals surface area contributed by atoms with Gasteiger partial charge in [0.05, 0.1) is 12.9 Å². The number of thioether (sulfide) groups is 1. The van der Waals surface area contributed by atoms with Crippen molar-refractivity contribution >= 4 is 17.7 Å². The second kappa shape index (κ2) is 5.80. The van der Waals surface area contributed by atoms with Gasteiger partial charge >= 0.3 is 5.97 Å². The molecule has 0 aliphatic rings. The third-order valence-corrected chi connectivity index (χ3v) is 3.69. The summed E-state index contributed by atoms with van der Waals surface area (Å²) in [7, 11) is 1.31. The summed E-state index contributed by atoms with van der Waals surface area (Å²) in [5, 5.41) is 8.77. The topological polar surface area (TPSA) is 96.2 Å². The molecule has 0 unspecified atom stereocenters. The first-order valence-electron chi connectivity index (χ1n) is 6.33. The van der Waals surface area contributed by atoms with E-state index in [-0.39, 0.29) is 11.2 Å². The van der Waals surface area contributed by atoms with Gasteiger partial charge in [-0.2, -0.15) is 0 Å². The summed E-state index contributed by atoms with van der Waals surface area (Å²) < 4.78 is 11.4. The lowest BCUT2D eigenvalue weighted by Gasteiger charge is -2.16. The highest BCUT2D eigenvalue weighted by molar-refractivity contribution is 7.98. The molecule has 0 radical (unpaired) electrons. The van der Waals surface area contributed by atoms with E-state index in [1.165, 1.54) is 23.5 Å². The molecule has 0 amide bonds. The zero-order valence-corrected chi connectivity index (χ0v) is 13.2. The average Bonchev–Trinajstić information content (AvgIpc) is 3.01. The van der Waals surface area contributed by atoms with Crippen molar-refractivity contribution in [3.8, 4) is 0 Å². The maximum atomic E-state index is 11.3. The molecule has 0 fully saturated rings. The highest BCUT2D eigenvalue weighted by Crippen LogP contribution is 2.26. The number of nitrogen functional groups attached to an aromatic ring is 1. The molecule has 0 aliphatic heterocycles. The van der Waals surface area contributed by atoms with Gasteiger partial charge in [0.15, 0.2) is 5.82 Å². The number of carbonyl (C=O) groups is 1. The summed E-state index contributed by atoms with van der Waals surface area (Å²) in [5.41, 5.74) is -0.177. The Kier molecular flexibility index (Phi) is 4.26. The molecule has 0 aliphatic carbocycles. The summed E-state index contributed by atoms with van der Waals surface area (Å²) in [4.78, 5) is 11.3. The first-order chi connectivity index (χ1) is 9.82. The molecular formula is C13H18N4O3S. The number of carbonyl (C=O) groups excluding carboxylic acids is 1. The van der Waals surface area contributed by atoms with Crippen molar-refractivity contribution in [2.75, 3.05) is 13.0 Å². The Morgan fingerprint density at radius 2 is 2.14 bits per heavy atom. The van der Waals surface area contributed by atoms with E-state index in [1.54, 1.807) is 12.1 Å². The Morgan fingerprint density at radius 3 is 2.71 bits per heavy atom. The summed E-state index contributed by atoms with van der Waals surface area (Å²) in [6.45, 7) is 6.05. The van der Waals surface area contributed by atoms with Gasteiger partial charge in [-0.15, -0.1) is 10.2 Å². The summed E-state index contributed by atoms with van der Waals surface area (Å²) in [6, 6.07) is 3.30. The van der Waals surface area contributed by atoms with Crippen molar-refractivity contribution in [1.82, 2.24) is 14.9 Å². The van der Waals surface area contributed by atoms with E-state index in [0.29, 0.717) is 22.5 Å². The zero-order chi connectivity index (χ0) is 15.6. The van der Waals surface area contributed by atoms with E-state index in [9.17, 15) is 4.79 Å². The fourth-order valence-corrected chi connectivity index (χ4v) is 2.44. The minimum Gasteiger partial charge on any atom is -0.463 e. The average molecular weight is 310 g/mol. The smallest absolute Gasteiger partial charge is 0.373 e. The second-order valence-corrected chi connectivity index (χ2v) is 6.41. The standard InChI is InChI=1S/C13H18N4O3S/c1-13(2,3)11-15-16-12(17(11)14)21-7-8-5-6-9(20-8)10(18)19-4/h5-6H,7,14H2,1-4H3. The maximum Gasteiger partial charge on any atom is 0.373 e. The Bertz CT molecular complexity index is 642. The number of rotatable bonds is 4. The van der Waals surface area contributed by atoms with Crippen LogP contribution in [0.2, 0.25) is 0 Å². The Balaban J connectivity index is 2.05. The number of hydrogen-bond donors (Lipinski definition) is 1. The molecule has 7 nitrogen and oxygen atoms in total. The van der Waals surface area contributed by atoms with Crippen LogP contribution in [0.1, 0.15) is 42.9 Å². The highest BCUT2D eigenvalue weighted by Gasteiger charge is 2.23. The van der Waals surface area contributed by atoms with Crippen LogP contribution >= 0.6 is 11.8 Å². The van der Waals surface area contributed by atoms with Crippen LogP contribution in [0.3, 0.4) is 0 Å². The molecule has 0 spiro atoms. The van der Waals surface area contributed by atoms with Gasteiger partial charge in [-0.05, 0) is 12.1 Å². The molecule has 2 heterocycles. The molecular weight excluding hydrogens is 292 g/mol. The van der Waals surface area contributed by atoms with Crippen molar-refractivity contribution in [3.63, 3.8) is 0 Å². The molecule has 8 heteroatoms. The quantitative estimate of drug-likeness (QED) is 0.524. The van der Waals surface area contributed by atoms with Gasteiger partial charge in [0.1, 0.15) is 5.76 Å². The second-order valence-electron chi connectivity index (χ2n) is 5.47. The van der Waals surface area contributed by atoms with E-state index < -0.39 is 5.97 Å². The predicted octanol–water partition coefficient (Wildman–Crippen LogP) is 1.96. The number of esters is 1. The van der Waals surface area contributed by atoms with Gasteiger partial charge in [0.2, 0.25) is 10.9 Å². The molecule has 114 valence electrons. The zero-order valence-electron chi connectivity index (χ0n) is 12.4. The normalized spacial score (nSPS) is 11.6. The third kappa shape index (κ3) is 3.38. The minimum absolute atomic E-state index is 0.177. The molecule has 0 atom stereocenters. The van der Waals surface area contributed by atoms with Crippen LogP contribution < -0.4 is 5.84 Å². The molecule has 0 saturated heterocycles. The Hall–Kier alpha value is -1.96. The first-order valence-corrected chi connectivity index (χ1v) is 7.32. The number of methoxy groups -OCH3 is 1. The Labute approximate surface area is 126 Å². The van der Waals surface area contributed by atoms with Crippen LogP contribution in [0.15, 0.2) is 21.7 Å². The van der Waals surface area contributed by atoms with E-state index in [1.807, 2.05) is 20.8 Å². The monoisotopic (exact) mass is 310 g/mol. The van der Waals surface area contributed by atoms with Crippen molar-refractivity contribution in [2.45, 2.75) is 37.1 Å². The molecule has 2 aromatic heterocycles. The number of furan rings is 1.